The Morgan fingerprint density at radius 1 is 0.478 bits per heavy atom. The average Bonchev–Trinajstić information content (AvgIpc) is 3.90. The molecule has 34 heteroatoms. The summed E-state index contributed by atoms with van der Waals surface area (Å²) in [6.07, 6.45) is 2.00. The Hall–Kier alpha value is -7.92. The van der Waals surface area contributed by atoms with E-state index in [0.717, 1.165) is 6.42 Å². The Labute approximate surface area is 530 Å². The molecular formula is C56H103N17O17. The van der Waals surface area contributed by atoms with Crippen LogP contribution in [-0.2, 0) is 52.8 Å². The standard InChI is InChI=1S/C14H23N3O5.C12H24N2O2.C10H16N4O4.C9H14N4O4.C6H14N2O.C5H12N2O/c1-9(2)7-10(16(3)4)14(21)15-8-13(20)22-17-11(18)5-6-12(17)19;1-6-10(15)8-13-12(16)11(14(4)5)7-9(2)3;1-6(14(2)3)7(15)18-10-12-8(16-4)11-9(13-10)17-5;1-13(2)5-6(14)17-9-11-7(15-3)10-8(12-9)16-4;1-5(8(3)4)6(9)7-2;1-6-5(8)4-7(2)3/h9-10H,5-8H2,1-4H3,(H,15,21);9,11H,6-8H2,1-5H3,(H,13,16);6H,1-5H3;5H2,1-4H3;5H,1-4H3,(H,7,9);4H2,1-3H3,(H,6,8). The minimum absolute atomic E-state index is 0.0159. The Bertz CT molecular complexity index is 2460. The predicted octanol–water partition coefficient (Wildman–Crippen LogP) is -1.18. The van der Waals surface area contributed by atoms with Crippen molar-refractivity contribution in [2.24, 2.45) is 11.8 Å². The lowest BCUT2D eigenvalue weighted by Crippen LogP contribution is -2.46. The fourth-order valence-corrected chi connectivity index (χ4v) is 6.18. The number of carbonyl (C=O) groups is 10. The normalized spacial score (nSPS) is 12.8. The summed E-state index contributed by atoms with van der Waals surface area (Å²) < 4.78 is 29.2. The van der Waals surface area contributed by atoms with Gasteiger partial charge in [0.2, 0.25) is 23.6 Å². The second kappa shape index (κ2) is 47.1. The van der Waals surface area contributed by atoms with Gasteiger partial charge < -0.3 is 59.4 Å². The van der Waals surface area contributed by atoms with Gasteiger partial charge in [0.1, 0.15) is 12.6 Å². The first kappa shape index (κ1) is 86.3. The van der Waals surface area contributed by atoms with Crippen LogP contribution in [0.1, 0.15) is 80.6 Å². The lowest BCUT2D eigenvalue weighted by molar-refractivity contribution is -0.196. The van der Waals surface area contributed by atoms with Crippen LogP contribution in [0.25, 0.3) is 0 Å². The zero-order valence-corrected chi connectivity index (χ0v) is 57.6. The van der Waals surface area contributed by atoms with E-state index in [1.165, 1.54) is 28.4 Å². The maximum atomic E-state index is 12.1. The van der Waals surface area contributed by atoms with Gasteiger partial charge in [0.25, 0.3) is 11.8 Å². The fourth-order valence-electron chi connectivity index (χ4n) is 6.18. The van der Waals surface area contributed by atoms with Crippen LogP contribution >= 0.6 is 0 Å². The number of hydroxylamine groups is 2. The first-order valence-corrected chi connectivity index (χ1v) is 28.5. The Kier molecular flexibility index (Phi) is 45.1. The number of ketones is 1. The van der Waals surface area contributed by atoms with E-state index in [0.29, 0.717) is 36.3 Å². The third-order valence-corrected chi connectivity index (χ3v) is 11.7. The van der Waals surface area contributed by atoms with Crippen LogP contribution in [0.15, 0.2) is 0 Å². The van der Waals surface area contributed by atoms with Gasteiger partial charge in [-0.15, -0.1) is 35.0 Å². The third kappa shape index (κ3) is 39.2. The maximum absolute atomic E-state index is 12.1. The van der Waals surface area contributed by atoms with E-state index in [1.54, 1.807) is 84.9 Å². The first-order chi connectivity index (χ1) is 41.9. The van der Waals surface area contributed by atoms with Crippen molar-refractivity contribution in [2.75, 3.05) is 153 Å². The molecule has 0 aromatic carbocycles. The van der Waals surface area contributed by atoms with Crippen molar-refractivity contribution < 1.29 is 81.2 Å². The molecule has 514 valence electrons. The van der Waals surface area contributed by atoms with E-state index >= 15 is 0 Å². The van der Waals surface area contributed by atoms with Gasteiger partial charge in [0, 0.05) is 33.4 Å². The summed E-state index contributed by atoms with van der Waals surface area (Å²) in [4.78, 5) is 152. The molecule has 4 unspecified atom stereocenters. The molecule has 0 radical (unpaired) electrons. The number of esters is 2. The minimum atomic E-state index is -0.848. The highest BCUT2D eigenvalue weighted by Gasteiger charge is 2.33. The molecule has 3 heterocycles. The largest absolute Gasteiger partial charge is 0.467 e. The molecule has 6 amide bonds. The third-order valence-electron chi connectivity index (χ3n) is 11.7. The summed E-state index contributed by atoms with van der Waals surface area (Å²) >= 11 is 0. The summed E-state index contributed by atoms with van der Waals surface area (Å²) in [7, 11) is 30.7. The summed E-state index contributed by atoms with van der Waals surface area (Å²) in [5, 5.41) is 10.7. The van der Waals surface area contributed by atoms with Crippen LogP contribution < -0.4 is 49.7 Å². The Morgan fingerprint density at radius 3 is 1.13 bits per heavy atom. The molecule has 0 aliphatic carbocycles. The minimum Gasteiger partial charge on any atom is -0.467 e. The van der Waals surface area contributed by atoms with Crippen LogP contribution in [0.4, 0.5) is 0 Å². The van der Waals surface area contributed by atoms with Crippen LogP contribution in [0.3, 0.4) is 0 Å². The molecule has 90 heavy (non-hydrogen) atoms. The van der Waals surface area contributed by atoms with E-state index in [9.17, 15) is 47.9 Å². The zero-order valence-electron chi connectivity index (χ0n) is 57.6. The molecular weight excluding hydrogens is 1180 g/mol. The summed E-state index contributed by atoms with van der Waals surface area (Å²) in [5.41, 5.74) is 0. The number of likely N-dealkylation sites (N-methyl/N-ethyl adjacent to an activating group) is 8. The highest BCUT2D eigenvalue weighted by molar-refractivity contribution is 6.01. The number of nitrogens with zero attached hydrogens (tertiary/aromatic N) is 13. The van der Waals surface area contributed by atoms with Crippen LogP contribution in [0, 0.1) is 11.8 Å². The van der Waals surface area contributed by atoms with Crippen LogP contribution in [0.2, 0.25) is 0 Å². The van der Waals surface area contributed by atoms with Gasteiger partial charge in [-0.05, 0) is 123 Å². The molecule has 4 N–H and O–H groups in total. The van der Waals surface area contributed by atoms with Crippen molar-refractivity contribution in [3.05, 3.63) is 0 Å². The molecule has 1 saturated heterocycles. The van der Waals surface area contributed by atoms with Gasteiger partial charge in [-0.3, -0.25) is 62.9 Å². The molecule has 4 atom stereocenters. The second-order valence-electron chi connectivity index (χ2n) is 21.7. The van der Waals surface area contributed by atoms with Gasteiger partial charge in [-0.1, -0.05) is 34.6 Å². The van der Waals surface area contributed by atoms with Crippen molar-refractivity contribution in [1.29, 1.82) is 0 Å². The van der Waals surface area contributed by atoms with Crippen molar-refractivity contribution in [1.82, 2.24) is 85.6 Å². The number of amides is 6. The van der Waals surface area contributed by atoms with E-state index in [-0.39, 0.29) is 110 Å². The smallest absolute Gasteiger partial charge is 0.352 e. The average molecular weight is 1290 g/mol. The van der Waals surface area contributed by atoms with Crippen molar-refractivity contribution in [2.45, 2.75) is 105 Å². The SMILES string of the molecule is CC(C)CC(C(=O)NCC(=O)ON1C(=O)CCC1=O)N(C)C.CCC(=O)CNC(=O)C(CC(C)C)N(C)C.CNC(=O)C(C)N(C)C.CNC(=O)CN(C)C.COc1nc(OC)nc(OC(=O)C(C)N(C)C)n1.COc1nc(OC)nc(OC(=O)CN(C)C)n1. The number of Topliss-reactive ketones (excluding diaryl/α,β-unsaturated/α-hetero) is 1. The molecule has 3 rings (SSSR count). The molecule has 0 spiro atoms. The van der Waals surface area contributed by atoms with Gasteiger partial charge in [-0.25, -0.2) is 9.59 Å². The number of nitrogens with one attached hydrogen (secondary N) is 4. The van der Waals surface area contributed by atoms with E-state index in [1.807, 2.05) is 77.8 Å². The number of rotatable bonds is 28. The number of imide groups is 1. The molecule has 1 aliphatic heterocycles. The quantitative estimate of drug-likeness (QED) is 0.0575. The van der Waals surface area contributed by atoms with E-state index in [4.69, 9.17) is 28.4 Å². The number of ether oxygens (including phenoxy) is 6. The molecule has 2 aromatic heterocycles. The lowest BCUT2D eigenvalue weighted by atomic mass is 10.0. The molecule has 1 fully saturated rings. The van der Waals surface area contributed by atoms with Crippen LogP contribution in [0.5, 0.6) is 36.1 Å². The topological polar surface area (TPSA) is 383 Å². The van der Waals surface area contributed by atoms with Gasteiger partial charge >= 0.3 is 54.0 Å². The highest BCUT2D eigenvalue weighted by atomic mass is 16.7. The monoisotopic (exact) mass is 1290 g/mol. The van der Waals surface area contributed by atoms with Gasteiger partial charge in [-0.2, -0.15) is 0 Å². The molecule has 1 aliphatic rings. The van der Waals surface area contributed by atoms with Crippen molar-refractivity contribution >= 4 is 59.1 Å². The predicted molar refractivity (Wildman–Crippen MR) is 331 cm³/mol. The number of carbonyl (C=O) groups excluding carboxylic acids is 10. The van der Waals surface area contributed by atoms with Crippen molar-refractivity contribution in [3.63, 3.8) is 0 Å². The number of methoxy groups -OCH3 is 4. The van der Waals surface area contributed by atoms with Crippen molar-refractivity contribution in [3.8, 4) is 36.1 Å². The molecule has 2 aromatic rings. The lowest BCUT2D eigenvalue weighted by Gasteiger charge is -2.24. The van der Waals surface area contributed by atoms with Gasteiger partial charge in [0.05, 0.1) is 66.2 Å². The first-order valence-electron chi connectivity index (χ1n) is 28.5. The number of aromatic nitrogens is 6. The Morgan fingerprint density at radius 2 is 0.844 bits per heavy atom. The second-order valence-corrected chi connectivity index (χ2v) is 21.7. The number of hydrogen-bond donors (Lipinski definition) is 4. The van der Waals surface area contributed by atoms with Crippen LogP contribution in [-0.4, -0.2) is 301 Å². The van der Waals surface area contributed by atoms with E-state index < -0.39 is 42.3 Å². The molecule has 0 saturated carbocycles. The molecule has 34 nitrogen and oxygen atoms in total. The fraction of sp³-hybridized carbons (Fsp3) is 0.714. The summed E-state index contributed by atoms with van der Waals surface area (Å²) in [6, 6.07) is -1.20. The molecule has 0 bridgehead atoms. The van der Waals surface area contributed by atoms with E-state index in [2.05, 4.69) is 69.9 Å². The highest BCUT2D eigenvalue weighted by Crippen LogP contribution is 2.17. The summed E-state index contributed by atoms with van der Waals surface area (Å²) in [5.74, 6) is -2.29. The zero-order chi connectivity index (χ0) is 70.1. The summed E-state index contributed by atoms with van der Waals surface area (Å²) in [6.45, 7) is 13.9. The Balaban J connectivity index is -0.00000104. The number of hydrogen-bond acceptors (Lipinski definition) is 29. The van der Waals surface area contributed by atoms with Gasteiger partial charge in [0.15, 0.2) is 5.78 Å². The maximum Gasteiger partial charge on any atom is 0.352 e.